The summed E-state index contributed by atoms with van der Waals surface area (Å²) in [6, 6.07) is 14.2. The molecule has 5 heteroatoms. The summed E-state index contributed by atoms with van der Waals surface area (Å²) in [6.07, 6.45) is 0. The Hall–Kier alpha value is -1.85. The zero-order valence-electron chi connectivity index (χ0n) is 12.2. The molecule has 112 valence electrons. The third kappa shape index (κ3) is 4.31. The monoisotopic (exact) mass is 305 g/mol. The van der Waals surface area contributed by atoms with Crippen LogP contribution in [0.5, 0.6) is 5.75 Å². The summed E-state index contributed by atoms with van der Waals surface area (Å²) in [6.45, 7) is 4.64. The van der Waals surface area contributed by atoms with E-state index in [1.54, 1.807) is 24.3 Å². The summed E-state index contributed by atoms with van der Waals surface area (Å²) in [5.41, 5.74) is 1.88. The predicted molar refractivity (Wildman–Crippen MR) is 82.8 cm³/mol. The van der Waals surface area contributed by atoms with Crippen molar-refractivity contribution in [2.75, 3.05) is 6.61 Å². The minimum Gasteiger partial charge on any atom is -0.494 e. The molecular weight excluding hydrogens is 286 g/mol. The normalized spacial score (nSPS) is 11.3. The van der Waals surface area contributed by atoms with Crippen molar-refractivity contribution in [2.24, 2.45) is 0 Å². The zero-order valence-corrected chi connectivity index (χ0v) is 13.0. The fourth-order valence-electron chi connectivity index (χ4n) is 1.89. The first-order chi connectivity index (χ1) is 10.0. The van der Waals surface area contributed by atoms with E-state index in [0.717, 1.165) is 16.9 Å². The number of nitrogens with one attached hydrogen (secondary N) is 1. The lowest BCUT2D eigenvalue weighted by Gasteiger charge is -2.09. The predicted octanol–water partition coefficient (Wildman–Crippen LogP) is 2.87. The van der Waals surface area contributed by atoms with Gasteiger partial charge in [-0.15, -0.1) is 0 Å². The first kappa shape index (κ1) is 15.5. The van der Waals surface area contributed by atoms with Crippen LogP contribution in [0.25, 0.3) is 0 Å². The highest BCUT2D eigenvalue weighted by molar-refractivity contribution is 7.89. The molecule has 0 atom stereocenters. The average Bonchev–Trinajstić information content (AvgIpc) is 2.47. The standard InChI is InChI=1S/C16H19NO3S/c1-3-20-15-6-4-5-14(11-15)12-17-21(18,19)16-9-7-13(2)8-10-16/h4-11,17H,3,12H2,1-2H3. The van der Waals surface area contributed by atoms with Gasteiger partial charge in [0, 0.05) is 6.54 Å². The Morgan fingerprint density at radius 1 is 1.10 bits per heavy atom. The molecule has 0 radical (unpaired) electrons. The molecule has 0 saturated carbocycles. The molecule has 0 aliphatic rings. The maximum atomic E-state index is 12.2. The van der Waals surface area contributed by atoms with Gasteiger partial charge in [-0.05, 0) is 43.7 Å². The highest BCUT2D eigenvalue weighted by Gasteiger charge is 2.13. The Morgan fingerprint density at radius 3 is 2.48 bits per heavy atom. The van der Waals surface area contributed by atoms with Crippen molar-refractivity contribution in [3.8, 4) is 5.75 Å². The van der Waals surface area contributed by atoms with Gasteiger partial charge in [0.1, 0.15) is 5.75 Å². The highest BCUT2D eigenvalue weighted by atomic mass is 32.2. The number of hydrogen-bond acceptors (Lipinski definition) is 3. The lowest BCUT2D eigenvalue weighted by Crippen LogP contribution is -2.23. The van der Waals surface area contributed by atoms with E-state index in [-0.39, 0.29) is 11.4 Å². The largest absolute Gasteiger partial charge is 0.494 e. The van der Waals surface area contributed by atoms with Gasteiger partial charge in [-0.1, -0.05) is 29.8 Å². The van der Waals surface area contributed by atoms with Gasteiger partial charge in [-0.2, -0.15) is 0 Å². The van der Waals surface area contributed by atoms with Gasteiger partial charge >= 0.3 is 0 Å². The first-order valence-electron chi connectivity index (χ1n) is 6.79. The highest BCUT2D eigenvalue weighted by Crippen LogP contribution is 2.15. The summed E-state index contributed by atoms with van der Waals surface area (Å²) in [5.74, 6) is 0.740. The molecule has 0 aliphatic carbocycles. The average molecular weight is 305 g/mol. The Labute approximate surface area is 125 Å². The van der Waals surface area contributed by atoms with Crippen LogP contribution in [-0.4, -0.2) is 15.0 Å². The van der Waals surface area contributed by atoms with E-state index in [1.807, 2.05) is 38.1 Å². The molecule has 4 nitrogen and oxygen atoms in total. The van der Waals surface area contributed by atoms with Crippen LogP contribution in [-0.2, 0) is 16.6 Å². The van der Waals surface area contributed by atoms with Crippen molar-refractivity contribution in [3.05, 3.63) is 59.7 Å². The Bertz CT molecular complexity index is 694. The number of aryl methyl sites for hydroxylation is 1. The molecule has 21 heavy (non-hydrogen) atoms. The first-order valence-corrected chi connectivity index (χ1v) is 8.27. The minimum absolute atomic E-state index is 0.233. The third-order valence-corrected chi connectivity index (χ3v) is 4.42. The second-order valence-corrected chi connectivity index (χ2v) is 6.48. The van der Waals surface area contributed by atoms with Gasteiger partial charge < -0.3 is 4.74 Å². The van der Waals surface area contributed by atoms with E-state index in [4.69, 9.17) is 4.74 Å². The van der Waals surface area contributed by atoms with Crippen LogP contribution < -0.4 is 9.46 Å². The molecule has 0 amide bonds. The van der Waals surface area contributed by atoms with Crippen molar-refractivity contribution in [3.63, 3.8) is 0 Å². The van der Waals surface area contributed by atoms with Gasteiger partial charge in [-0.25, -0.2) is 13.1 Å². The lowest BCUT2D eigenvalue weighted by atomic mass is 10.2. The number of ether oxygens (including phenoxy) is 1. The molecule has 0 saturated heterocycles. The maximum Gasteiger partial charge on any atom is 0.240 e. The van der Waals surface area contributed by atoms with Gasteiger partial charge in [-0.3, -0.25) is 0 Å². The van der Waals surface area contributed by atoms with E-state index in [2.05, 4.69) is 4.72 Å². The summed E-state index contributed by atoms with van der Waals surface area (Å²) in [4.78, 5) is 0.272. The van der Waals surface area contributed by atoms with E-state index >= 15 is 0 Å². The number of hydrogen-bond donors (Lipinski definition) is 1. The molecule has 1 N–H and O–H groups in total. The van der Waals surface area contributed by atoms with Crippen molar-refractivity contribution in [1.82, 2.24) is 4.72 Å². The van der Waals surface area contributed by atoms with Crippen molar-refractivity contribution in [1.29, 1.82) is 0 Å². The third-order valence-electron chi connectivity index (χ3n) is 3.01. The van der Waals surface area contributed by atoms with Crippen LogP contribution >= 0.6 is 0 Å². The quantitative estimate of drug-likeness (QED) is 0.893. The summed E-state index contributed by atoms with van der Waals surface area (Å²) in [5, 5.41) is 0. The van der Waals surface area contributed by atoms with E-state index < -0.39 is 10.0 Å². The molecule has 0 fully saturated rings. The Balaban J connectivity index is 2.08. The van der Waals surface area contributed by atoms with E-state index in [1.165, 1.54) is 0 Å². The molecule has 2 aromatic rings. The number of sulfonamides is 1. The van der Waals surface area contributed by atoms with Crippen LogP contribution in [0, 0.1) is 6.92 Å². The van der Waals surface area contributed by atoms with Crippen LogP contribution in [0.3, 0.4) is 0 Å². The fourth-order valence-corrected chi connectivity index (χ4v) is 2.91. The molecule has 2 aromatic carbocycles. The van der Waals surface area contributed by atoms with Crippen LogP contribution in [0.15, 0.2) is 53.4 Å². The molecular formula is C16H19NO3S. The van der Waals surface area contributed by atoms with Crippen LogP contribution in [0.1, 0.15) is 18.1 Å². The topological polar surface area (TPSA) is 55.4 Å². The Kier molecular flexibility index (Phi) is 4.98. The van der Waals surface area contributed by atoms with Gasteiger partial charge in [0.15, 0.2) is 0 Å². The second kappa shape index (κ2) is 6.74. The van der Waals surface area contributed by atoms with Crippen molar-refractivity contribution in [2.45, 2.75) is 25.3 Å². The number of rotatable bonds is 6. The molecule has 0 aromatic heterocycles. The van der Waals surface area contributed by atoms with E-state index in [9.17, 15) is 8.42 Å². The van der Waals surface area contributed by atoms with Crippen molar-refractivity contribution >= 4 is 10.0 Å². The van der Waals surface area contributed by atoms with Gasteiger partial charge in [0.25, 0.3) is 0 Å². The molecule has 0 aliphatic heterocycles. The van der Waals surface area contributed by atoms with Crippen molar-refractivity contribution < 1.29 is 13.2 Å². The summed E-state index contributed by atoms with van der Waals surface area (Å²) in [7, 11) is -3.49. The molecule has 0 unspecified atom stereocenters. The summed E-state index contributed by atoms with van der Waals surface area (Å²) < 4.78 is 32.4. The molecule has 0 spiro atoms. The maximum absolute atomic E-state index is 12.2. The smallest absolute Gasteiger partial charge is 0.240 e. The van der Waals surface area contributed by atoms with Crippen LogP contribution in [0.2, 0.25) is 0 Å². The lowest BCUT2D eigenvalue weighted by molar-refractivity contribution is 0.340. The second-order valence-electron chi connectivity index (χ2n) is 4.72. The van der Waals surface area contributed by atoms with Gasteiger partial charge in [0.2, 0.25) is 10.0 Å². The molecule has 0 bridgehead atoms. The minimum atomic E-state index is -3.49. The number of benzene rings is 2. The van der Waals surface area contributed by atoms with Gasteiger partial charge in [0.05, 0.1) is 11.5 Å². The molecule has 2 rings (SSSR count). The summed E-state index contributed by atoms with van der Waals surface area (Å²) >= 11 is 0. The van der Waals surface area contributed by atoms with E-state index in [0.29, 0.717) is 6.61 Å². The van der Waals surface area contributed by atoms with Crippen LogP contribution in [0.4, 0.5) is 0 Å². The SMILES string of the molecule is CCOc1cccc(CNS(=O)(=O)c2ccc(C)cc2)c1. The zero-order chi connectivity index (χ0) is 15.3. The fraction of sp³-hybridized carbons (Fsp3) is 0.250. The molecule has 0 heterocycles. The Morgan fingerprint density at radius 2 is 1.81 bits per heavy atom.